The number of hydrogen-bond acceptors (Lipinski definition) is 7. The number of halogens is 1. The van der Waals surface area contributed by atoms with Crippen LogP contribution in [0.4, 0.5) is 27.5 Å². The first-order valence-corrected chi connectivity index (χ1v) is 8.10. The minimum atomic E-state index is -0.623. The molecule has 0 saturated heterocycles. The van der Waals surface area contributed by atoms with Crippen LogP contribution in [-0.2, 0) is 6.61 Å². The van der Waals surface area contributed by atoms with E-state index in [1.807, 2.05) is 6.07 Å². The molecule has 0 fully saturated rings. The van der Waals surface area contributed by atoms with Crippen LogP contribution in [0.3, 0.4) is 0 Å². The van der Waals surface area contributed by atoms with Crippen LogP contribution in [0.15, 0.2) is 59.1 Å². The van der Waals surface area contributed by atoms with Crippen molar-refractivity contribution in [2.45, 2.75) is 6.61 Å². The molecule has 0 radical (unpaired) electrons. The number of rotatable bonds is 5. The molecule has 0 aliphatic rings. The van der Waals surface area contributed by atoms with Crippen molar-refractivity contribution in [2.24, 2.45) is 0 Å². The lowest BCUT2D eigenvalue weighted by Crippen LogP contribution is -2.03. The van der Waals surface area contributed by atoms with Crippen molar-refractivity contribution in [2.75, 3.05) is 10.6 Å². The molecular weight excluding hydrogens is 351 g/mol. The Kier molecular flexibility index (Phi) is 4.31. The number of nitrogens with zero attached hydrogens (tertiary/aromatic N) is 2. The zero-order chi connectivity index (χ0) is 18.8. The third kappa shape index (κ3) is 3.65. The number of anilines is 4. The fraction of sp³-hybridized carbons (Fsp3) is 0.0526. The van der Waals surface area contributed by atoms with E-state index in [4.69, 9.17) is 9.52 Å². The van der Waals surface area contributed by atoms with E-state index in [0.717, 1.165) is 11.6 Å². The van der Waals surface area contributed by atoms with Gasteiger partial charge in [-0.05, 0) is 36.4 Å². The number of benzene rings is 2. The third-order valence-electron chi connectivity index (χ3n) is 3.83. The van der Waals surface area contributed by atoms with Crippen LogP contribution in [0.25, 0.3) is 11.0 Å². The summed E-state index contributed by atoms with van der Waals surface area (Å²) in [7, 11) is 0. The molecule has 8 heteroatoms. The molecule has 2 aromatic heterocycles. The third-order valence-corrected chi connectivity index (χ3v) is 3.83. The Morgan fingerprint density at radius 3 is 2.70 bits per heavy atom. The number of aromatic nitrogens is 2. The standard InChI is InChI=1S/C19H15FN4O3/c20-16-9-21-19(24-18(16)22-12-2-1-3-14(26)8-12)23-13-4-5-17-11(6-13)7-15(10-25)27-17/h1-9,25-26H,10H2,(H2,21,22,23,24). The second kappa shape index (κ2) is 6.93. The number of hydrogen-bond donors (Lipinski definition) is 4. The molecule has 27 heavy (non-hydrogen) atoms. The van der Waals surface area contributed by atoms with Crippen molar-refractivity contribution >= 4 is 34.1 Å². The highest BCUT2D eigenvalue weighted by Crippen LogP contribution is 2.26. The molecule has 0 spiro atoms. The molecule has 0 saturated carbocycles. The van der Waals surface area contributed by atoms with Gasteiger partial charge in [0.25, 0.3) is 0 Å². The average molecular weight is 366 g/mol. The van der Waals surface area contributed by atoms with Gasteiger partial charge in [0, 0.05) is 22.8 Å². The molecule has 0 atom stereocenters. The molecule has 2 aromatic carbocycles. The Bertz CT molecular complexity index is 1110. The predicted octanol–water partition coefficient (Wildman–Crippen LogP) is 4.05. The highest BCUT2D eigenvalue weighted by molar-refractivity contribution is 5.82. The maximum absolute atomic E-state index is 14.0. The summed E-state index contributed by atoms with van der Waals surface area (Å²) in [4.78, 5) is 8.09. The number of aliphatic hydroxyl groups excluding tert-OH is 1. The van der Waals surface area contributed by atoms with E-state index in [-0.39, 0.29) is 24.1 Å². The molecule has 7 nitrogen and oxygen atoms in total. The molecule has 4 N–H and O–H groups in total. The predicted molar refractivity (Wildman–Crippen MR) is 98.8 cm³/mol. The lowest BCUT2D eigenvalue weighted by Gasteiger charge is -2.09. The summed E-state index contributed by atoms with van der Waals surface area (Å²) >= 11 is 0. The smallest absolute Gasteiger partial charge is 0.229 e. The largest absolute Gasteiger partial charge is 0.508 e. The average Bonchev–Trinajstić information content (AvgIpc) is 3.07. The monoisotopic (exact) mass is 366 g/mol. The number of phenolic OH excluding ortho intramolecular Hbond substituents is 1. The quantitative estimate of drug-likeness (QED) is 0.422. The first-order valence-electron chi connectivity index (χ1n) is 8.10. The van der Waals surface area contributed by atoms with Gasteiger partial charge in [-0.1, -0.05) is 6.07 Å². The zero-order valence-electron chi connectivity index (χ0n) is 14.0. The van der Waals surface area contributed by atoms with E-state index in [1.165, 1.54) is 12.1 Å². The van der Waals surface area contributed by atoms with Gasteiger partial charge in [-0.2, -0.15) is 4.98 Å². The van der Waals surface area contributed by atoms with Crippen LogP contribution >= 0.6 is 0 Å². The molecule has 0 aliphatic carbocycles. The van der Waals surface area contributed by atoms with E-state index in [9.17, 15) is 9.50 Å². The normalized spacial score (nSPS) is 10.9. The molecule has 0 bridgehead atoms. The molecule has 2 heterocycles. The van der Waals surface area contributed by atoms with Crippen molar-refractivity contribution in [3.63, 3.8) is 0 Å². The zero-order valence-corrected chi connectivity index (χ0v) is 14.0. The number of furan rings is 1. The summed E-state index contributed by atoms with van der Waals surface area (Å²) in [5.74, 6) is 0.0809. The van der Waals surface area contributed by atoms with Crippen LogP contribution in [0.2, 0.25) is 0 Å². The van der Waals surface area contributed by atoms with E-state index < -0.39 is 5.82 Å². The molecule has 136 valence electrons. The molecule has 0 amide bonds. The van der Waals surface area contributed by atoms with Gasteiger partial charge in [-0.3, -0.25) is 0 Å². The van der Waals surface area contributed by atoms with Crippen LogP contribution in [0.5, 0.6) is 5.75 Å². The molecule has 0 aliphatic heterocycles. The van der Waals surface area contributed by atoms with Gasteiger partial charge >= 0.3 is 0 Å². The fourth-order valence-electron chi connectivity index (χ4n) is 2.62. The van der Waals surface area contributed by atoms with Crippen molar-refractivity contribution < 1.29 is 19.0 Å². The van der Waals surface area contributed by atoms with E-state index >= 15 is 0 Å². The highest BCUT2D eigenvalue weighted by atomic mass is 19.1. The lowest BCUT2D eigenvalue weighted by molar-refractivity contribution is 0.251. The maximum atomic E-state index is 14.0. The summed E-state index contributed by atoms with van der Waals surface area (Å²) in [6.07, 6.45) is 1.06. The van der Waals surface area contributed by atoms with Crippen LogP contribution in [0, 0.1) is 5.82 Å². The van der Waals surface area contributed by atoms with E-state index in [2.05, 4.69) is 20.6 Å². The molecule has 0 unspecified atom stereocenters. The first kappa shape index (κ1) is 16.8. The summed E-state index contributed by atoms with van der Waals surface area (Å²) < 4.78 is 19.5. The lowest BCUT2D eigenvalue weighted by atomic mass is 10.2. The second-order valence-electron chi connectivity index (χ2n) is 5.81. The SMILES string of the molecule is OCc1cc2cc(Nc3ncc(F)c(Nc4cccc(O)c4)n3)ccc2o1. The summed E-state index contributed by atoms with van der Waals surface area (Å²) in [6, 6.07) is 13.4. The van der Waals surface area contributed by atoms with Crippen molar-refractivity contribution in [3.8, 4) is 5.75 Å². The highest BCUT2D eigenvalue weighted by Gasteiger charge is 2.09. The Hall–Kier alpha value is -3.65. The van der Waals surface area contributed by atoms with Gasteiger partial charge in [-0.15, -0.1) is 0 Å². The number of nitrogens with one attached hydrogen (secondary N) is 2. The van der Waals surface area contributed by atoms with Crippen LogP contribution < -0.4 is 10.6 Å². The Morgan fingerprint density at radius 1 is 1.04 bits per heavy atom. The summed E-state index contributed by atoms with van der Waals surface area (Å²) in [5, 5.41) is 25.3. The molecule has 4 rings (SSSR count). The summed E-state index contributed by atoms with van der Waals surface area (Å²) in [6.45, 7) is -0.178. The summed E-state index contributed by atoms with van der Waals surface area (Å²) in [5.41, 5.74) is 1.83. The van der Waals surface area contributed by atoms with Gasteiger partial charge in [0.15, 0.2) is 11.6 Å². The van der Waals surface area contributed by atoms with Crippen molar-refractivity contribution in [1.82, 2.24) is 9.97 Å². The number of aromatic hydroxyl groups is 1. The molecule has 4 aromatic rings. The minimum Gasteiger partial charge on any atom is -0.508 e. The van der Waals surface area contributed by atoms with Crippen LogP contribution in [-0.4, -0.2) is 20.2 Å². The number of fused-ring (bicyclic) bond motifs is 1. The van der Waals surface area contributed by atoms with Crippen molar-refractivity contribution in [1.29, 1.82) is 0 Å². The van der Waals surface area contributed by atoms with E-state index in [0.29, 0.717) is 22.7 Å². The minimum absolute atomic E-state index is 0.0231. The number of phenols is 1. The van der Waals surface area contributed by atoms with Gasteiger partial charge in [0.2, 0.25) is 5.95 Å². The van der Waals surface area contributed by atoms with Gasteiger partial charge < -0.3 is 25.3 Å². The second-order valence-corrected chi connectivity index (χ2v) is 5.81. The van der Waals surface area contributed by atoms with Gasteiger partial charge in [0.1, 0.15) is 23.7 Å². The first-order chi connectivity index (χ1) is 13.1. The van der Waals surface area contributed by atoms with Crippen molar-refractivity contribution in [3.05, 3.63) is 66.3 Å². The topological polar surface area (TPSA) is 103 Å². The fourth-order valence-corrected chi connectivity index (χ4v) is 2.62. The van der Waals surface area contributed by atoms with Gasteiger partial charge in [-0.25, -0.2) is 9.37 Å². The number of aliphatic hydroxyl groups is 1. The Balaban J connectivity index is 1.59. The Morgan fingerprint density at radius 2 is 1.89 bits per heavy atom. The molecular formula is C19H15FN4O3. The maximum Gasteiger partial charge on any atom is 0.229 e. The van der Waals surface area contributed by atoms with Gasteiger partial charge in [0.05, 0.1) is 6.20 Å². The van der Waals surface area contributed by atoms with E-state index in [1.54, 1.807) is 30.3 Å². The van der Waals surface area contributed by atoms with Crippen LogP contribution in [0.1, 0.15) is 5.76 Å². The Labute approximate surface area is 153 Å².